The van der Waals surface area contributed by atoms with Crippen molar-refractivity contribution >= 4 is 11.6 Å². The molecule has 1 fully saturated rings. The normalized spacial score (nSPS) is 15.9. The number of rotatable bonds is 6. The Hall–Kier alpha value is -3.00. The third-order valence-corrected chi connectivity index (χ3v) is 5.05. The van der Waals surface area contributed by atoms with Crippen molar-refractivity contribution in [2.24, 2.45) is 4.99 Å². The molecule has 29 heavy (non-hydrogen) atoms. The first-order chi connectivity index (χ1) is 14.0. The highest BCUT2D eigenvalue weighted by atomic mass is 19.1. The maximum Gasteiger partial charge on any atom is 0.269 e. The molecule has 0 atom stereocenters. The van der Waals surface area contributed by atoms with Crippen molar-refractivity contribution in [2.45, 2.75) is 32.0 Å². The number of nitrogens with one attached hydrogen (secondary N) is 2. The van der Waals surface area contributed by atoms with Gasteiger partial charge in [0.05, 0.1) is 4.92 Å². The number of benzene rings is 2. The van der Waals surface area contributed by atoms with Crippen molar-refractivity contribution < 1.29 is 9.31 Å². The van der Waals surface area contributed by atoms with E-state index < -0.39 is 4.92 Å². The molecular weight excluding hydrogens is 373 g/mol. The van der Waals surface area contributed by atoms with Gasteiger partial charge in [-0.25, -0.2) is 4.39 Å². The predicted molar refractivity (Wildman–Crippen MR) is 111 cm³/mol. The Morgan fingerprint density at radius 1 is 1.21 bits per heavy atom. The van der Waals surface area contributed by atoms with E-state index in [-0.39, 0.29) is 11.5 Å². The fourth-order valence-electron chi connectivity index (χ4n) is 3.44. The van der Waals surface area contributed by atoms with Gasteiger partial charge in [-0.05, 0) is 36.1 Å². The quantitative estimate of drug-likeness (QED) is 0.338. The van der Waals surface area contributed by atoms with Gasteiger partial charge in [-0.1, -0.05) is 24.3 Å². The van der Waals surface area contributed by atoms with Crippen molar-refractivity contribution in [3.63, 3.8) is 0 Å². The summed E-state index contributed by atoms with van der Waals surface area (Å²) in [6, 6.07) is 13.6. The van der Waals surface area contributed by atoms with Gasteiger partial charge >= 0.3 is 0 Å². The highest BCUT2D eigenvalue weighted by molar-refractivity contribution is 5.80. The van der Waals surface area contributed by atoms with E-state index in [1.165, 1.54) is 18.2 Å². The summed E-state index contributed by atoms with van der Waals surface area (Å²) < 4.78 is 13.0. The first-order valence-corrected chi connectivity index (χ1v) is 9.71. The van der Waals surface area contributed by atoms with Gasteiger partial charge in [0.2, 0.25) is 0 Å². The van der Waals surface area contributed by atoms with Crippen LogP contribution in [0.1, 0.15) is 24.0 Å². The van der Waals surface area contributed by atoms with Crippen LogP contribution in [-0.2, 0) is 13.1 Å². The van der Waals surface area contributed by atoms with Crippen LogP contribution in [0.2, 0.25) is 0 Å². The minimum Gasteiger partial charge on any atom is -0.354 e. The molecule has 1 saturated heterocycles. The largest absolute Gasteiger partial charge is 0.354 e. The molecule has 2 N–H and O–H groups in total. The summed E-state index contributed by atoms with van der Waals surface area (Å²) in [5, 5.41) is 17.6. The van der Waals surface area contributed by atoms with E-state index in [4.69, 9.17) is 0 Å². The van der Waals surface area contributed by atoms with E-state index in [1.807, 2.05) is 18.2 Å². The van der Waals surface area contributed by atoms with Crippen LogP contribution in [0.3, 0.4) is 0 Å². The highest BCUT2D eigenvalue weighted by Crippen LogP contribution is 2.15. The summed E-state index contributed by atoms with van der Waals surface area (Å²) >= 11 is 0. The molecule has 1 aliphatic heterocycles. The van der Waals surface area contributed by atoms with Gasteiger partial charge in [0.1, 0.15) is 5.82 Å². The zero-order valence-corrected chi connectivity index (χ0v) is 16.5. The number of nitro benzene ring substituents is 1. The van der Waals surface area contributed by atoms with Crippen LogP contribution >= 0.6 is 0 Å². The summed E-state index contributed by atoms with van der Waals surface area (Å²) in [7, 11) is 1.71. The second-order valence-corrected chi connectivity index (χ2v) is 7.17. The Morgan fingerprint density at radius 2 is 1.93 bits per heavy atom. The molecule has 8 heteroatoms. The second-order valence-electron chi connectivity index (χ2n) is 7.17. The topological polar surface area (TPSA) is 82.8 Å². The van der Waals surface area contributed by atoms with Gasteiger partial charge in [-0.15, -0.1) is 0 Å². The van der Waals surface area contributed by atoms with Gasteiger partial charge in [0.25, 0.3) is 5.69 Å². The molecule has 0 bridgehead atoms. The smallest absolute Gasteiger partial charge is 0.269 e. The molecule has 0 saturated carbocycles. The van der Waals surface area contributed by atoms with Gasteiger partial charge < -0.3 is 10.6 Å². The molecule has 1 aliphatic rings. The number of guanidine groups is 1. The number of nitro groups is 1. The Bertz CT molecular complexity index is 848. The number of non-ortho nitro benzene ring substituents is 1. The summed E-state index contributed by atoms with van der Waals surface area (Å²) in [4.78, 5) is 17.1. The summed E-state index contributed by atoms with van der Waals surface area (Å²) in [6.07, 6.45) is 1.97. The molecule has 0 aromatic heterocycles. The number of nitrogens with zero attached hydrogens (tertiary/aromatic N) is 3. The Morgan fingerprint density at radius 3 is 2.59 bits per heavy atom. The lowest BCUT2D eigenvalue weighted by molar-refractivity contribution is -0.384. The average Bonchev–Trinajstić information content (AvgIpc) is 2.74. The molecular formula is C21H26FN5O2. The molecule has 154 valence electrons. The van der Waals surface area contributed by atoms with Crippen molar-refractivity contribution in [3.8, 4) is 0 Å². The van der Waals surface area contributed by atoms with E-state index in [2.05, 4.69) is 20.5 Å². The lowest BCUT2D eigenvalue weighted by Crippen LogP contribution is -2.48. The third kappa shape index (κ3) is 6.25. The molecule has 2 aromatic carbocycles. The van der Waals surface area contributed by atoms with E-state index >= 15 is 0 Å². The summed E-state index contributed by atoms with van der Waals surface area (Å²) in [5.74, 6) is 0.481. The van der Waals surface area contributed by atoms with Crippen LogP contribution in [0.25, 0.3) is 0 Å². The van der Waals surface area contributed by atoms with Crippen LogP contribution in [0.4, 0.5) is 10.1 Å². The van der Waals surface area contributed by atoms with Crippen LogP contribution < -0.4 is 10.6 Å². The number of likely N-dealkylation sites (tertiary alicyclic amines) is 1. The van der Waals surface area contributed by atoms with Gasteiger partial charge in [0, 0.05) is 51.4 Å². The number of halogens is 1. The maximum atomic E-state index is 13.0. The van der Waals surface area contributed by atoms with E-state index in [0.29, 0.717) is 18.5 Å². The number of hydrogen-bond acceptors (Lipinski definition) is 4. The Labute approximate surface area is 169 Å². The summed E-state index contributed by atoms with van der Waals surface area (Å²) in [6.45, 7) is 3.20. The van der Waals surface area contributed by atoms with Crippen molar-refractivity contribution in [3.05, 3.63) is 75.6 Å². The zero-order valence-electron chi connectivity index (χ0n) is 16.5. The molecule has 2 aromatic rings. The molecule has 7 nitrogen and oxygen atoms in total. The van der Waals surface area contributed by atoms with E-state index in [1.54, 1.807) is 19.2 Å². The van der Waals surface area contributed by atoms with Crippen LogP contribution in [0.5, 0.6) is 0 Å². The number of hydrogen-bond donors (Lipinski definition) is 2. The van der Waals surface area contributed by atoms with E-state index in [0.717, 1.165) is 43.6 Å². The maximum absolute atomic E-state index is 13.0. The first-order valence-electron chi connectivity index (χ1n) is 9.71. The molecule has 0 amide bonds. The van der Waals surface area contributed by atoms with Gasteiger partial charge in [-0.2, -0.15) is 0 Å². The average molecular weight is 399 g/mol. The lowest BCUT2D eigenvalue weighted by atomic mass is 10.0. The van der Waals surface area contributed by atoms with E-state index in [9.17, 15) is 14.5 Å². The molecule has 0 radical (unpaired) electrons. The number of aliphatic imine (C=N–C) groups is 1. The Kier molecular flexibility index (Phi) is 7.13. The van der Waals surface area contributed by atoms with Crippen molar-refractivity contribution in [1.82, 2.24) is 15.5 Å². The monoisotopic (exact) mass is 399 g/mol. The minimum atomic E-state index is -0.393. The lowest BCUT2D eigenvalue weighted by Gasteiger charge is -2.33. The fourth-order valence-corrected chi connectivity index (χ4v) is 3.44. The predicted octanol–water partition coefficient (Wildman–Crippen LogP) is 3.06. The molecule has 0 spiro atoms. The van der Waals surface area contributed by atoms with Crippen LogP contribution in [0, 0.1) is 15.9 Å². The zero-order chi connectivity index (χ0) is 20.6. The third-order valence-electron chi connectivity index (χ3n) is 5.05. The summed E-state index contributed by atoms with van der Waals surface area (Å²) in [5.41, 5.74) is 2.03. The molecule has 0 aliphatic carbocycles. The first kappa shape index (κ1) is 20.7. The van der Waals surface area contributed by atoms with Crippen molar-refractivity contribution in [2.75, 3.05) is 20.1 Å². The van der Waals surface area contributed by atoms with Crippen LogP contribution in [-0.4, -0.2) is 42.0 Å². The second kappa shape index (κ2) is 9.97. The number of piperidine rings is 1. The van der Waals surface area contributed by atoms with Crippen LogP contribution in [0.15, 0.2) is 53.5 Å². The minimum absolute atomic E-state index is 0.0840. The van der Waals surface area contributed by atoms with Gasteiger partial charge in [0.15, 0.2) is 5.96 Å². The fraction of sp³-hybridized carbons (Fsp3) is 0.381. The molecule has 0 unspecified atom stereocenters. The molecule has 1 heterocycles. The van der Waals surface area contributed by atoms with Crippen molar-refractivity contribution in [1.29, 1.82) is 0 Å². The SMILES string of the molecule is CN=C(NCc1cccc([N+](=O)[O-])c1)NC1CCN(Cc2ccc(F)cc2)CC1. The highest BCUT2D eigenvalue weighted by Gasteiger charge is 2.20. The standard InChI is InChI=1S/C21H26FN5O2/c1-23-21(24-14-17-3-2-4-20(13-17)27(28)29)25-19-9-11-26(12-10-19)15-16-5-7-18(22)8-6-16/h2-8,13,19H,9-12,14-15H2,1H3,(H2,23,24,25). The molecule has 3 rings (SSSR count). The van der Waals surface area contributed by atoms with Gasteiger partial charge in [-0.3, -0.25) is 20.0 Å². The Balaban J connectivity index is 1.44.